The number of hydrogen-bond donors (Lipinski definition) is 0. The third-order valence-electron chi connectivity index (χ3n) is 14.1. The van der Waals surface area contributed by atoms with Crippen LogP contribution in [0.4, 0.5) is 17.1 Å². The summed E-state index contributed by atoms with van der Waals surface area (Å²) in [5, 5.41) is 0. The van der Waals surface area contributed by atoms with E-state index < -0.39 is 5.41 Å². The third-order valence-corrected chi connectivity index (χ3v) is 14.1. The minimum atomic E-state index is -0.556. The Morgan fingerprint density at radius 3 is 1.18 bits per heavy atom. The van der Waals surface area contributed by atoms with Crippen LogP contribution in [0.2, 0.25) is 0 Å². The van der Waals surface area contributed by atoms with Crippen LogP contribution in [0.5, 0.6) is 0 Å². The van der Waals surface area contributed by atoms with Gasteiger partial charge in [-0.15, -0.1) is 0 Å². The maximum absolute atomic E-state index is 2.57. The summed E-state index contributed by atoms with van der Waals surface area (Å²) in [6.45, 7) is 4.76. The van der Waals surface area contributed by atoms with Crippen molar-refractivity contribution in [2.45, 2.75) is 24.7 Å². The molecule has 0 heterocycles. The average Bonchev–Trinajstić information content (AvgIpc) is 3.80. The van der Waals surface area contributed by atoms with Gasteiger partial charge in [-0.3, -0.25) is 0 Å². The lowest BCUT2D eigenvalue weighted by Gasteiger charge is -2.36. The van der Waals surface area contributed by atoms with Gasteiger partial charge in [-0.25, -0.2) is 0 Å². The first kappa shape index (κ1) is 38.7. The monoisotopic (exact) mass is 829 g/mol. The summed E-state index contributed by atoms with van der Waals surface area (Å²) in [5.41, 5.74) is 22.5. The van der Waals surface area contributed by atoms with Crippen LogP contribution >= 0.6 is 0 Å². The molecule has 0 radical (unpaired) electrons. The molecule has 2 aliphatic rings. The van der Waals surface area contributed by atoms with E-state index in [1.807, 2.05) is 0 Å². The van der Waals surface area contributed by atoms with Crippen molar-refractivity contribution in [2.24, 2.45) is 0 Å². The highest BCUT2D eigenvalue weighted by atomic mass is 15.1. The number of benzene rings is 10. The molecule has 0 atom stereocenters. The highest BCUT2D eigenvalue weighted by Crippen LogP contribution is 2.59. The second-order valence-corrected chi connectivity index (χ2v) is 18.0. The van der Waals surface area contributed by atoms with Crippen LogP contribution in [0.3, 0.4) is 0 Å². The largest absolute Gasteiger partial charge is 0.309 e. The summed E-state index contributed by atoms with van der Waals surface area (Å²) in [6, 6.07) is 92.3. The fourth-order valence-corrected chi connectivity index (χ4v) is 11.2. The Balaban J connectivity index is 1.21. The Bertz CT molecular complexity index is 3270. The molecule has 1 heteroatoms. The summed E-state index contributed by atoms with van der Waals surface area (Å²) in [4.78, 5) is 2.57. The molecule has 65 heavy (non-hydrogen) atoms. The molecule has 2 aliphatic carbocycles. The number of fused-ring (bicyclic) bond motifs is 6. The molecule has 0 saturated heterocycles. The van der Waals surface area contributed by atoms with E-state index in [-0.39, 0.29) is 5.41 Å². The van der Waals surface area contributed by atoms with Crippen LogP contribution in [0, 0.1) is 0 Å². The summed E-state index contributed by atoms with van der Waals surface area (Å²) in [6.07, 6.45) is 0. The minimum Gasteiger partial charge on any atom is -0.309 e. The molecule has 0 aliphatic heterocycles. The molecular formula is C64H47N. The Kier molecular flexibility index (Phi) is 9.14. The van der Waals surface area contributed by atoms with Crippen molar-refractivity contribution in [1.82, 2.24) is 0 Å². The normalized spacial score (nSPS) is 13.6. The van der Waals surface area contributed by atoms with Crippen LogP contribution in [0.15, 0.2) is 249 Å². The summed E-state index contributed by atoms with van der Waals surface area (Å²) >= 11 is 0. The maximum atomic E-state index is 2.57. The van der Waals surface area contributed by atoms with Gasteiger partial charge < -0.3 is 4.90 Å². The third kappa shape index (κ3) is 6.07. The number of nitrogens with zero attached hydrogens (tertiary/aromatic N) is 1. The van der Waals surface area contributed by atoms with Crippen LogP contribution in [0.1, 0.15) is 47.2 Å². The second-order valence-electron chi connectivity index (χ2n) is 18.0. The first-order chi connectivity index (χ1) is 32.0. The molecule has 0 bridgehead atoms. The van der Waals surface area contributed by atoms with Crippen molar-refractivity contribution in [3.05, 3.63) is 282 Å². The van der Waals surface area contributed by atoms with Gasteiger partial charge in [0, 0.05) is 27.9 Å². The van der Waals surface area contributed by atoms with Crippen LogP contribution < -0.4 is 4.90 Å². The Hall–Kier alpha value is -8.00. The van der Waals surface area contributed by atoms with E-state index in [1.54, 1.807) is 0 Å². The van der Waals surface area contributed by atoms with Crippen molar-refractivity contribution in [3.8, 4) is 55.6 Å². The molecule has 0 fully saturated rings. The summed E-state index contributed by atoms with van der Waals surface area (Å²) in [7, 11) is 0. The van der Waals surface area contributed by atoms with Gasteiger partial charge in [-0.1, -0.05) is 226 Å². The van der Waals surface area contributed by atoms with Gasteiger partial charge in [0.15, 0.2) is 0 Å². The van der Waals surface area contributed by atoms with Gasteiger partial charge in [0.25, 0.3) is 0 Å². The molecule has 0 aromatic heterocycles. The van der Waals surface area contributed by atoms with Gasteiger partial charge in [0.2, 0.25) is 0 Å². The fourth-order valence-electron chi connectivity index (χ4n) is 11.2. The van der Waals surface area contributed by atoms with E-state index in [0.29, 0.717) is 0 Å². The topological polar surface area (TPSA) is 3.24 Å². The van der Waals surface area contributed by atoms with Crippen molar-refractivity contribution in [2.75, 3.05) is 4.90 Å². The van der Waals surface area contributed by atoms with Gasteiger partial charge in [0.1, 0.15) is 0 Å². The zero-order valence-corrected chi connectivity index (χ0v) is 36.6. The molecule has 10 aromatic rings. The molecule has 308 valence electrons. The summed E-state index contributed by atoms with van der Waals surface area (Å²) < 4.78 is 0. The molecule has 10 aromatic carbocycles. The highest BCUT2D eigenvalue weighted by molar-refractivity contribution is 6.01. The predicted molar refractivity (Wildman–Crippen MR) is 272 cm³/mol. The zero-order chi connectivity index (χ0) is 43.5. The van der Waals surface area contributed by atoms with Crippen LogP contribution in [-0.2, 0) is 10.8 Å². The Morgan fingerprint density at radius 1 is 0.277 bits per heavy atom. The van der Waals surface area contributed by atoms with E-state index in [1.165, 1.54) is 66.8 Å². The van der Waals surface area contributed by atoms with E-state index in [0.717, 1.165) is 39.3 Å². The molecule has 0 unspecified atom stereocenters. The first-order valence-electron chi connectivity index (χ1n) is 22.8. The fraction of sp³-hybridized carbons (Fsp3) is 0.0625. The number of hydrogen-bond acceptors (Lipinski definition) is 1. The van der Waals surface area contributed by atoms with E-state index in [4.69, 9.17) is 0 Å². The molecule has 0 saturated carbocycles. The molecule has 12 rings (SSSR count). The molecule has 0 spiro atoms. The Morgan fingerprint density at radius 2 is 0.662 bits per heavy atom. The van der Waals surface area contributed by atoms with Crippen molar-refractivity contribution in [3.63, 3.8) is 0 Å². The minimum absolute atomic E-state index is 0.190. The standard InChI is InChI=1S/C64H47N/c1-63(2)58-34-20-18-32-52(58)54-38-36-50(42-60(54)63)65(62-56(45-24-10-4-11-25-45)40-47(44-22-8-3-9-23-44)41-57(62)46-26-12-5-13-27-46)51-37-39-55-53-33-19-21-35-59(53)64(61(55)43-51,48-28-14-6-15-29-48)49-30-16-7-17-31-49/h3-43H,1-2H3. The lowest BCUT2D eigenvalue weighted by atomic mass is 9.67. The van der Waals surface area contributed by atoms with Crippen LogP contribution in [-0.4, -0.2) is 0 Å². The number of anilines is 3. The van der Waals surface area contributed by atoms with Crippen LogP contribution in [0.25, 0.3) is 55.6 Å². The van der Waals surface area contributed by atoms with Gasteiger partial charge in [-0.2, -0.15) is 0 Å². The smallest absolute Gasteiger partial charge is 0.0714 e. The highest BCUT2D eigenvalue weighted by Gasteiger charge is 2.46. The molecule has 0 N–H and O–H groups in total. The van der Waals surface area contributed by atoms with E-state index in [2.05, 4.69) is 267 Å². The van der Waals surface area contributed by atoms with Crippen molar-refractivity contribution < 1.29 is 0 Å². The SMILES string of the molecule is CC1(C)c2ccccc2-c2ccc(N(c3ccc4c(c3)C(c3ccccc3)(c3ccccc3)c3ccccc3-4)c3c(-c4ccccc4)cc(-c4ccccc4)cc3-c3ccccc3)cc21. The van der Waals surface area contributed by atoms with E-state index >= 15 is 0 Å². The molecular weight excluding hydrogens is 783 g/mol. The molecule has 1 nitrogen and oxygen atoms in total. The van der Waals surface area contributed by atoms with E-state index in [9.17, 15) is 0 Å². The predicted octanol–water partition coefficient (Wildman–Crippen LogP) is 16.8. The maximum Gasteiger partial charge on any atom is 0.0714 e. The van der Waals surface area contributed by atoms with Gasteiger partial charge in [-0.05, 0) is 114 Å². The lowest BCUT2D eigenvalue weighted by Crippen LogP contribution is -2.28. The van der Waals surface area contributed by atoms with Crippen molar-refractivity contribution >= 4 is 17.1 Å². The Labute approximate surface area is 382 Å². The number of rotatable bonds is 8. The molecule has 0 amide bonds. The van der Waals surface area contributed by atoms with Crippen molar-refractivity contribution in [1.29, 1.82) is 0 Å². The first-order valence-corrected chi connectivity index (χ1v) is 22.8. The quantitative estimate of drug-likeness (QED) is 0.147. The lowest BCUT2D eigenvalue weighted by molar-refractivity contribution is 0.660. The average molecular weight is 830 g/mol. The second kappa shape index (κ2) is 15.4. The zero-order valence-electron chi connectivity index (χ0n) is 36.6. The van der Waals surface area contributed by atoms with Gasteiger partial charge >= 0.3 is 0 Å². The summed E-state index contributed by atoms with van der Waals surface area (Å²) in [5.74, 6) is 0. The van der Waals surface area contributed by atoms with Gasteiger partial charge in [0.05, 0.1) is 11.1 Å².